The van der Waals surface area contributed by atoms with E-state index in [9.17, 15) is 4.79 Å². The van der Waals surface area contributed by atoms with Crippen LogP contribution in [-0.2, 0) is 9.53 Å². The molecule has 0 N–H and O–H groups in total. The molecule has 2 atom stereocenters. The van der Waals surface area contributed by atoms with Crippen molar-refractivity contribution in [1.29, 1.82) is 0 Å². The smallest absolute Gasteiger partial charge is 0.312 e. The number of hydrogen-bond acceptors (Lipinski definition) is 3. The highest BCUT2D eigenvalue weighted by molar-refractivity contribution is 5.77. The first kappa shape index (κ1) is 15.5. The van der Waals surface area contributed by atoms with Crippen LogP contribution in [0.4, 0.5) is 0 Å². The number of hydrogen-bond donors (Lipinski definition) is 0. The van der Waals surface area contributed by atoms with Gasteiger partial charge in [0.05, 0.1) is 5.41 Å². The molecule has 0 radical (unpaired) electrons. The minimum atomic E-state index is -0.392. The lowest BCUT2D eigenvalue weighted by atomic mass is 9.74. The molecular weight excluding hydrogens is 226 g/mol. The van der Waals surface area contributed by atoms with Crippen molar-refractivity contribution in [3.63, 3.8) is 0 Å². The van der Waals surface area contributed by atoms with Crippen LogP contribution in [0.25, 0.3) is 0 Å². The van der Waals surface area contributed by atoms with E-state index in [0.29, 0.717) is 12.0 Å². The maximum Gasteiger partial charge on any atom is 0.312 e. The van der Waals surface area contributed by atoms with Crippen LogP contribution in [0.2, 0.25) is 0 Å². The number of rotatable bonds is 2. The van der Waals surface area contributed by atoms with E-state index in [-0.39, 0.29) is 11.4 Å². The van der Waals surface area contributed by atoms with Crippen molar-refractivity contribution in [2.75, 3.05) is 13.6 Å². The zero-order valence-electron chi connectivity index (χ0n) is 13.0. The molecule has 0 aromatic rings. The maximum atomic E-state index is 12.4. The molecule has 1 rings (SSSR count). The normalized spacial score (nSPS) is 30.6. The molecule has 106 valence electrons. The molecule has 3 heteroatoms. The van der Waals surface area contributed by atoms with Crippen molar-refractivity contribution in [2.45, 2.75) is 66.0 Å². The number of nitrogens with zero attached hydrogens (tertiary/aromatic N) is 1. The van der Waals surface area contributed by atoms with E-state index < -0.39 is 5.60 Å². The van der Waals surface area contributed by atoms with Gasteiger partial charge in [-0.1, -0.05) is 13.8 Å². The first-order chi connectivity index (χ1) is 8.05. The minimum absolute atomic E-state index is 0.0336. The fourth-order valence-electron chi connectivity index (χ4n) is 2.64. The molecule has 1 saturated heterocycles. The van der Waals surface area contributed by atoms with E-state index in [1.807, 2.05) is 20.8 Å². The van der Waals surface area contributed by atoms with Crippen LogP contribution in [0.3, 0.4) is 0 Å². The van der Waals surface area contributed by atoms with Crippen LogP contribution in [0, 0.1) is 11.3 Å². The summed E-state index contributed by atoms with van der Waals surface area (Å²) in [5.74, 6) is 0.533. The average molecular weight is 255 g/mol. The quantitative estimate of drug-likeness (QED) is 0.710. The molecule has 18 heavy (non-hydrogen) atoms. The summed E-state index contributed by atoms with van der Waals surface area (Å²) in [7, 11) is 2.15. The summed E-state index contributed by atoms with van der Waals surface area (Å²) in [6.07, 6.45) is 1.79. The van der Waals surface area contributed by atoms with Crippen molar-refractivity contribution >= 4 is 5.97 Å². The number of piperidine rings is 1. The van der Waals surface area contributed by atoms with Gasteiger partial charge in [0.25, 0.3) is 0 Å². The largest absolute Gasteiger partial charge is 0.460 e. The Morgan fingerprint density at radius 1 is 1.39 bits per heavy atom. The second kappa shape index (κ2) is 5.20. The predicted molar refractivity (Wildman–Crippen MR) is 74.4 cm³/mol. The van der Waals surface area contributed by atoms with Crippen molar-refractivity contribution in [3.05, 3.63) is 0 Å². The van der Waals surface area contributed by atoms with Gasteiger partial charge in [-0.05, 0) is 60.0 Å². The van der Waals surface area contributed by atoms with Gasteiger partial charge in [-0.15, -0.1) is 0 Å². The van der Waals surface area contributed by atoms with Crippen LogP contribution >= 0.6 is 0 Å². The summed E-state index contributed by atoms with van der Waals surface area (Å²) in [4.78, 5) is 14.7. The lowest BCUT2D eigenvalue weighted by Crippen LogP contribution is -2.50. The van der Waals surface area contributed by atoms with Gasteiger partial charge in [-0.3, -0.25) is 4.79 Å². The van der Waals surface area contributed by atoms with Gasteiger partial charge in [-0.25, -0.2) is 0 Å². The maximum absolute atomic E-state index is 12.4. The van der Waals surface area contributed by atoms with Crippen LogP contribution in [0.15, 0.2) is 0 Å². The molecule has 0 aromatic carbocycles. The molecule has 3 nitrogen and oxygen atoms in total. The van der Waals surface area contributed by atoms with Crippen LogP contribution in [0.1, 0.15) is 54.4 Å². The van der Waals surface area contributed by atoms with Gasteiger partial charge in [0.2, 0.25) is 0 Å². The second-order valence-corrected chi connectivity index (χ2v) is 7.31. The molecule has 0 aromatic heterocycles. The summed E-state index contributed by atoms with van der Waals surface area (Å²) in [5.41, 5.74) is -0.717. The Hall–Kier alpha value is -0.570. The van der Waals surface area contributed by atoms with Crippen molar-refractivity contribution in [2.24, 2.45) is 11.3 Å². The fourth-order valence-corrected chi connectivity index (χ4v) is 2.64. The van der Waals surface area contributed by atoms with E-state index >= 15 is 0 Å². The molecule has 1 heterocycles. The highest BCUT2D eigenvalue weighted by atomic mass is 16.6. The number of esters is 1. The van der Waals surface area contributed by atoms with Gasteiger partial charge < -0.3 is 9.64 Å². The Morgan fingerprint density at radius 3 is 2.39 bits per heavy atom. The van der Waals surface area contributed by atoms with Crippen LogP contribution in [0.5, 0.6) is 0 Å². The number of likely N-dealkylation sites (tertiary alicyclic amines) is 1. The Labute approximate surface area is 112 Å². The van der Waals surface area contributed by atoms with Crippen molar-refractivity contribution in [1.82, 2.24) is 4.90 Å². The van der Waals surface area contributed by atoms with E-state index in [1.165, 1.54) is 0 Å². The molecule has 0 amide bonds. The lowest BCUT2D eigenvalue weighted by molar-refractivity contribution is -0.171. The number of carbonyl (C=O) groups is 1. The third kappa shape index (κ3) is 3.71. The molecule has 0 bridgehead atoms. The number of carbonyl (C=O) groups excluding carboxylic acids is 1. The average Bonchev–Trinajstić information content (AvgIpc) is 2.19. The third-order valence-electron chi connectivity index (χ3n) is 3.90. The first-order valence-electron chi connectivity index (χ1n) is 6.99. The summed E-state index contributed by atoms with van der Waals surface area (Å²) in [6.45, 7) is 13.3. The highest BCUT2D eigenvalue weighted by Crippen LogP contribution is 2.38. The Bertz CT molecular complexity index is 306. The molecule has 0 spiro atoms. The Morgan fingerprint density at radius 2 is 1.94 bits per heavy atom. The first-order valence-corrected chi connectivity index (χ1v) is 6.99. The standard InChI is InChI=1S/C15H29NO2/c1-11(2)12-10-15(6,8-9-16(12)7)13(17)18-14(3,4)5/h11-12H,8-10H2,1-7H3. The van der Waals surface area contributed by atoms with Gasteiger partial charge in [-0.2, -0.15) is 0 Å². The summed E-state index contributed by atoms with van der Waals surface area (Å²) in [5, 5.41) is 0. The predicted octanol–water partition coefficient (Wildman–Crippen LogP) is 3.08. The number of ether oxygens (including phenoxy) is 1. The molecule has 1 fully saturated rings. The van der Waals surface area contributed by atoms with Crippen molar-refractivity contribution in [3.8, 4) is 0 Å². The zero-order valence-corrected chi connectivity index (χ0v) is 13.0. The van der Waals surface area contributed by atoms with Gasteiger partial charge in [0, 0.05) is 6.04 Å². The van der Waals surface area contributed by atoms with Gasteiger partial charge >= 0.3 is 5.97 Å². The van der Waals surface area contributed by atoms with Gasteiger partial charge in [0.15, 0.2) is 0 Å². The third-order valence-corrected chi connectivity index (χ3v) is 3.90. The van der Waals surface area contributed by atoms with Crippen LogP contribution < -0.4 is 0 Å². The minimum Gasteiger partial charge on any atom is -0.460 e. The van der Waals surface area contributed by atoms with Crippen molar-refractivity contribution < 1.29 is 9.53 Å². The van der Waals surface area contributed by atoms with E-state index in [2.05, 4.69) is 32.7 Å². The summed E-state index contributed by atoms with van der Waals surface area (Å²) >= 11 is 0. The molecule has 1 aliphatic rings. The van der Waals surface area contributed by atoms with E-state index in [0.717, 1.165) is 19.4 Å². The Balaban J connectivity index is 2.78. The monoisotopic (exact) mass is 255 g/mol. The summed E-state index contributed by atoms with van der Waals surface area (Å²) < 4.78 is 5.59. The topological polar surface area (TPSA) is 29.5 Å². The fraction of sp³-hybridized carbons (Fsp3) is 0.933. The molecule has 0 saturated carbocycles. The van der Waals surface area contributed by atoms with Crippen LogP contribution in [-0.4, -0.2) is 36.1 Å². The molecule has 1 aliphatic heterocycles. The van der Waals surface area contributed by atoms with E-state index in [4.69, 9.17) is 4.74 Å². The molecule has 0 aliphatic carbocycles. The molecule has 2 unspecified atom stereocenters. The van der Waals surface area contributed by atoms with E-state index in [1.54, 1.807) is 0 Å². The second-order valence-electron chi connectivity index (χ2n) is 7.31. The Kier molecular flexibility index (Phi) is 4.47. The van der Waals surface area contributed by atoms with Gasteiger partial charge in [0.1, 0.15) is 5.60 Å². The molecular formula is C15H29NO2. The lowest BCUT2D eigenvalue weighted by Gasteiger charge is -2.44. The summed E-state index contributed by atoms with van der Waals surface area (Å²) in [6, 6.07) is 0.469. The SMILES string of the molecule is CC(C)C1CC(C)(C(=O)OC(C)(C)C)CCN1C. The highest BCUT2D eigenvalue weighted by Gasteiger charge is 2.43. The zero-order chi connectivity index (χ0) is 14.1.